The molecule has 9 heteroatoms. The minimum Gasteiger partial charge on any atom is -0.309 e. The van der Waals surface area contributed by atoms with E-state index in [1.54, 1.807) is 0 Å². The summed E-state index contributed by atoms with van der Waals surface area (Å²) in [4.78, 5) is 15.8. The first-order chi connectivity index (χ1) is 62.5. The maximum absolute atomic E-state index is 5.35. The Labute approximate surface area is 725 Å². The molecule has 8 aromatic heterocycles. The Kier molecular flexibility index (Phi) is 16.8. The molecule has 18 aromatic carbocycles. The van der Waals surface area contributed by atoms with Crippen LogP contribution in [0.1, 0.15) is 0 Å². The Hall–Kier alpha value is -17.0. The van der Waals surface area contributed by atoms with Crippen LogP contribution in [-0.2, 0) is 0 Å². The topological polar surface area (TPSA) is 68.2 Å². The van der Waals surface area contributed by atoms with Crippen LogP contribution in [-0.4, -0.2) is 42.4 Å². The van der Waals surface area contributed by atoms with Gasteiger partial charge in [0.25, 0.3) is 0 Å². The monoisotopic (exact) mass is 1610 g/mol. The van der Waals surface area contributed by atoms with Crippen LogP contribution in [0.15, 0.2) is 455 Å². The van der Waals surface area contributed by atoms with E-state index in [2.05, 4.69) is 470 Å². The molecule has 0 saturated carbocycles. The molecule has 0 aliphatic heterocycles. The van der Waals surface area contributed by atoms with Gasteiger partial charge < -0.3 is 18.3 Å². The molecular formula is C117H75N9. The van der Waals surface area contributed by atoms with E-state index in [0.717, 1.165) is 112 Å². The van der Waals surface area contributed by atoms with E-state index in [0.29, 0.717) is 5.95 Å². The van der Waals surface area contributed by atoms with Crippen molar-refractivity contribution in [1.29, 1.82) is 0 Å². The third-order valence-electron chi connectivity index (χ3n) is 25.5. The molecule has 0 unspecified atom stereocenters. The summed E-state index contributed by atoms with van der Waals surface area (Å²) in [7, 11) is 0. The van der Waals surface area contributed by atoms with Gasteiger partial charge in [0.15, 0.2) is 0 Å². The Bertz CT molecular complexity index is 8190. The summed E-state index contributed by atoms with van der Waals surface area (Å²) in [6.07, 6.45) is 0. The number of nitrogens with zero attached hydrogens (tertiary/aromatic N) is 9. The Morgan fingerprint density at radius 1 is 0.127 bits per heavy atom. The fourth-order valence-electron chi connectivity index (χ4n) is 19.8. The quantitative estimate of drug-likeness (QED) is 0.122. The lowest BCUT2D eigenvalue weighted by Gasteiger charge is -2.13. The number of rotatable bonds is 12. The molecule has 9 nitrogen and oxygen atoms in total. The Morgan fingerprint density at radius 2 is 0.373 bits per heavy atom. The second kappa shape index (κ2) is 29.4. The molecule has 26 rings (SSSR count). The maximum Gasteiger partial charge on any atom is 0.235 e. The van der Waals surface area contributed by atoms with Crippen molar-refractivity contribution in [1.82, 2.24) is 42.4 Å². The van der Waals surface area contributed by atoms with Crippen molar-refractivity contribution in [2.45, 2.75) is 0 Å². The van der Waals surface area contributed by atoms with E-state index < -0.39 is 0 Å². The summed E-state index contributed by atoms with van der Waals surface area (Å²) in [6.45, 7) is 0. The van der Waals surface area contributed by atoms with Gasteiger partial charge in [-0.25, -0.2) is 15.0 Å². The van der Waals surface area contributed by atoms with Gasteiger partial charge >= 0.3 is 0 Å². The third-order valence-corrected chi connectivity index (χ3v) is 25.5. The number of benzene rings is 18. The highest BCUT2D eigenvalue weighted by Crippen LogP contribution is 2.45. The van der Waals surface area contributed by atoms with Gasteiger partial charge in [-0.15, -0.1) is 0 Å². The Morgan fingerprint density at radius 3 is 0.722 bits per heavy atom. The molecule has 0 N–H and O–H groups in total. The summed E-state index contributed by atoms with van der Waals surface area (Å²) in [5, 5.41) is 14.6. The number of hydrogen-bond acceptors (Lipinski definition) is 3. The molecule has 0 saturated heterocycles. The van der Waals surface area contributed by atoms with E-state index in [1.807, 2.05) is 12.1 Å². The zero-order chi connectivity index (χ0) is 82.9. The van der Waals surface area contributed by atoms with Crippen LogP contribution in [0.25, 0.3) is 233 Å². The highest BCUT2D eigenvalue weighted by atomic mass is 15.2. The number of hydrogen-bond donors (Lipinski definition) is 0. The zero-order valence-electron chi connectivity index (χ0n) is 68.3. The Balaban J connectivity index is 0.000000137. The van der Waals surface area contributed by atoms with Gasteiger partial charge in [-0.2, -0.15) is 0 Å². The maximum atomic E-state index is 5.35. The molecule has 0 fully saturated rings. The highest BCUT2D eigenvalue weighted by molar-refractivity contribution is 6.17. The van der Waals surface area contributed by atoms with Crippen molar-refractivity contribution >= 4 is 131 Å². The minimum absolute atomic E-state index is 0.645. The largest absolute Gasteiger partial charge is 0.309 e. The van der Waals surface area contributed by atoms with Gasteiger partial charge in [0.05, 0.1) is 83.3 Å². The predicted molar refractivity (Wildman–Crippen MR) is 525 cm³/mol. The molecule has 0 bridgehead atoms. The molecule has 0 aliphatic carbocycles. The molecule has 26 aromatic rings. The second-order valence-corrected chi connectivity index (χ2v) is 32.6. The lowest BCUT2D eigenvalue weighted by molar-refractivity contribution is 0.995. The average Bonchev–Trinajstić information content (AvgIpc) is 1.58. The average molecular weight is 1610 g/mol. The molecular weight excluding hydrogens is 1530 g/mol. The van der Waals surface area contributed by atoms with Crippen molar-refractivity contribution in [3.8, 4) is 102 Å². The van der Waals surface area contributed by atoms with Gasteiger partial charge in [0, 0.05) is 104 Å². The summed E-state index contributed by atoms with van der Waals surface area (Å²) in [6, 6.07) is 164. The van der Waals surface area contributed by atoms with Gasteiger partial charge in [0.1, 0.15) is 5.82 Å². The molecule has 0 radical (unpaired) electrons. The van der Waals surface area contributed by atoms with Crippen molar-refractivity contribution in [3.63, 3.8) is 0 Å². The standard InChI is InChI=1S/C59H38N4.C58H37N5/c1-4-16-39(17-5-1)43-36-52(40-18-6-2-7-19-40)60-59(37-43)63-55-27-15-12-23-47(55)50-35-42(29-32-58(50)63)41-28-31-56-49(34-41)46-22-10-14-26-54(46)62(56)45-30-33-57-51(38-45)48-24-11-13-25-53(48)61(57)44-20-8-3-9-21-44;1-4-16-38(17-5-1)50-37-51(39-18-6-2-7-19-39)60-58(59-50)63-54-27-15-12-23-45(54)48-35-41(29-32-57(48)63)40-28-31-55-47(34-40)44-22-10-14-26-53(44)62(55)43-30-33-56-49(36-43)46-24-11-13-25-52(46)61(56)42-20-8-3-9-21-42/h1-38H;1-37H. The van der Waals surface area contributed by atoms with E-state index in [-0.39, 0.29) is 0 Å². The summed E-state index contributed by atoms with van der Waals surface area (Å²) in [5.74, 6) is 1.54. The lowest BCUT2D eigenvalue weighted by Crippen LogP contribution is -2.03. The first-order valence-electron chi connectivity index (χ1n) is 43.0. The molecule has 8 heterocycles. The van der Waals surface area contributed by atoms with Crippen LogP contribution in [0.2, 0.25) is 0 Å². The third kappa shape index (κ3) is 11.8. The van der Waals surface area contributed by atoms with Gasteiger partial charge in [-0.3, -0.25) is 9.13 Å². The van der Waals surface area contributed by atoms with Crippen LogP contribution in [0.4, 0.5) is 0 Å². The second-order valence-electron chi connectivity index (χ2n) is 32.6. The number of para-hydroxylation sites is 8. The van der Waals surface area contributed by atoms with Crippen molar-refractivity contribution in [2.24, 2.45) is 0 Å². The molecule has 0 atom stereocenters. The van der Waals surface area contributed by atoms with Crippen LogP contribution in [0, 0.1) is 0 Å². The van der Waals surface area contributed by atoms with E-state index in [4.69, 9.17) is 15.0 Å². The van der Waals surface area contributed by atoms with E-state index in [9.17, 15) is 0 Å². The molecule has 0 aliphatic rings. The van der Waals surface area contributed by atoms with Crippen molar-refractivity contribution in [3.05, 3.63) is 455 Å². The fraction of sp³-hybridized carbons (Fsp3) is 0. The van der Waals surface area contributed by atoms with Crippen molar-refractivity contribution in [2.75, 3.05) is 0 Å². The zero-order valence-corrected chi connectivity index (χ0v) is 68.3. The molecule has 588 valence electrons. The van der Waals surface area contributed by atoms with E-state index >= 15 is 0 Å². The number of pyridine rings is 1. The van der Waals surface area contributed by atoms with Gasteiger partial charge in [-0.1, -0.05) is 291 Å². The van der Waals surface area contributed by atoms with Crippen LogP contribution < -0.4 is 0 Å². The highest BCUT2D eigenvalue weighted by Gasteiger charge is 2.25. The first kappa shape index (κ1) is 71.9. The minimum atomic E-state index is 0.645. The van der Waals surface area contributed by atoms with Gasteiger partial charge in [-0.05, 0) is 197 Å². The van der Waals surface area contributed by atoms with Crippen molar-refractivity contribution < 1.29 is 0 Å². The SMILES string of the molecule is c1ccc(-c2cc(-c3ccccc3)nc(-n3c4ccccc4c4cc(-c5ccc6c(c5)c5ccccc5n6-c5ccc6c(c5)c5ccccc5n6-c5ccccc5)ccc43)c2)cc1.c1ccc(-c2cc(-c3ccccc3)nc(-n3c4ccccc4c4cc(-c5ccc6c(c5)c5ccccc5n6-c5ccc6c(c5)c5ccccc5n6-c5ccccc5)ccc43)n2)cc1. The molecule has 0 spiro atoms. The normalized spacial score (nSPS) is 11.8. The summed E-state index contributed by atoms with van der Waals surface area (Å²) < 4.78 is 14.2. The lowest BCUT2D eigenvalue weighted by atomic mass is 10.0. The van der Waals surface area contributed by atoms with Crippen LogP contribution in [0.3, 0.4) is 0 Å². The van der Waals surface area contributed by atoms with Gasteiger partial charge in [0.2, 0.25) is 5.95 Å². The summed E-state index contributed by atoms with van der Waals surface area (Å²) in [5.41, 5.74) is 31.4. The summed E-state index contributed by atoms with van der Waals surface area (Å²) >= 11 is 0. The van der Waals surface area contributed by atoms with Crippen LogP contribution >= 0.6 is 0 Å². The fourth-order valence-corrected chi connectivity index (χ4v) is 19.8. The molecule has 126 heavy (non-hydrogen) atoms. The number of fused-ring (bicyclic) bond motifs is 18. The number of aromatic nitrogens is 9. The molecule has 0 amide bonds. The van der Waals surface area contributed by atoms with Crippen LogP contribution in [0.5, 0.6) is 0 Å². The smallest absolute Gasteiger partial charge is 0.235 e. The predicted octanol–water partition coefficient (Wildman–Crippen LogP) is 30.1. The van der Waals surface area contributed by atoms with E-state index in [1.165, 1.54) is 115 Å². The first-order valence-corrected chi connectivity index (χ1v) is 43.0.